The van der Waals surface area contributed by atoms with Crippen molar-refractivity contribution in [2.45, 2.75) is 6.92 Å². The van der Waals surface area contributed by atoms with Gasteiger partial charge in [-0.3, -0.25) is 9.59 Å². The Labute approximate surface area is 97.1 Å². The van der Waals surface area contributed by atoms with Gasteiger partial charge >= 0.3 is 0 Å². The minimum Gasteiger partial charge on any atom is -0.397 e. The van der Waals surface area contributed by atoms with E-state index in [1.165, 1.54) is 6.92 Å². The van der Waals surface area contributed by atoms with Gasteiger partial charge in [-0.2, -0.15) is 0 Å². The van der Waals surface area contributed by atoms with Crippen molar-refractivity contribution in [2.24, 2.45) is 5.73 Å². The van der Waals surface area contributed by atoms with E-state index in [0.717, 1.165) is 11.3 Å². The molecule has 0 saturated carbocycles. The number of hydrogen-bond acceptors (Lipinski definition) is 5. The number of nitrogen functional groups attached to an aromatic ring is 1. The molecule has 16 heavy (non-hydrogen) atoms. The Balaban J connectivity index is 3.25. The maximum absolute atomic E-state index is 11.3. The maximum atomic E-state index is 11.3. The van der Waals surface area contributed by atoms with Crippen LogP contribution in [0.5, 0.6) is 0 Å². The molecule has 1 aromatic rings. The predicted octanol–water partition coefficient (Wildman–Crippen LogP) is 1.23. The molecule has 0 saturated heterocycles. The van der Waals surface area contributed by atoms with Crippen molar-refractivity contribution in [1.82, 2.24) is 0 Å². The van der Waals surface area contributed by atoms with Crippen LogP contribution in [0.2, 0.25) is 0 Å². The van der Waals surface area contributed by atoms with Gasteiger partial charge in [-0.1, -0.05) is 6.08 Å². The first kappa shape index (κ1) is 12.3. The van der Waals surface area contributed by atoms with Crippen LogP contribution in [0.3, 0.4) is 0 Å². The molecule has 6 heteroatoms. The van der Waals surface area contributed by atoms with E-state index in [1.54, 1.807) is 6.08 Å². The molecule has 0 aliphatic heterocycles. The number of nitrogens with two attached hydrogens (primary N) is 2. The van der Waals surface area contributed by atoms with E-state index in [1.807, 2.05) is 0 Å². The third-order valence-electron chi connectivity index (χ3n) is 1.92. The number of carbonyl (C=O) groups excluding carboxylic acids is 2. The van der Waals surface area contributed by atoms with Gasteiger partial charge in [0.15, 0.2) is 5.78 Å². The lowest BCUT2D eigenvalue weighted by Gasteiger charge is -2.01. The van der Waals surface area contributed by atoms with E-state index in [-0.39, 0.29) is 17.0 Å². The fourth-order valence-corrected chi connectivity index (χ4v) is 2.27. The molecule has 5 N–H and O–H groups in total. The largest absolute Gasteiger partial charge is 0.397 e. The zero-order valence-electron chi connectivity index (χ0n) is 8.87. The van der Waals surface area contributed by atoms with E-state index in [4.69, 9.17) is 11.5 Å². The third-order valence-corrected chi connectivity index (χ3v) is 3.18. The van der Waals surface area contributed by atoms with E-state index in [9.17, 15) is 9.59 Å². The molecule has 0 aliphatic carbocycles. The molecule has 1 rings (SSSR count). The summed E-state index contributed by atoms with van der Waals surface area (Å²) in [7, 11) is 0. The van der Waals surface area contributed by atoms with Crippen LogP contribution in [0.1, 0.15) is 27.0 Å². The van der Waals surface area contributed by atoms with Gasteiger partial charge < -0.3 is 16.8 Å². The molecule has 1 heterocycles. The number of rotatable bonds is 5. The van der Waals surface area contributed by atoms with Crippen molar-refractivity contribution in [1.29, 1.82) is 0 Å². The molecule has 86 valence electrons. The number of nitrogens with one attached hydrogen (secondary N) is 1. The lowest BCUT2D eigenvalue weighted by Crippen LogP contribution is -2.15. The third kappa shape index (κ3) is 2.22. The number of thiophene rings is 1. The fourth-order valence-electron chi connectivity index (χ4n) is 1.24. The van der Waals surface area contributed by atoms with Crippen LogP contribution in [-0.4, -0.2) is 18.2 Å². The SMILES string of the molecule is C=CCNc1sc(C(C)=O)c(N)c1C(N)=O. The van der Waals surface area contributed by atoms with Gasteiger partial charge in [0, 0.05) is 13.5 Å². The summed E-state index contributed by atoms with van der Waals surface area (Å²) in [4.78, 5) is 22.8. The zero-order chi connectivity index (χ0) is 12.3. The molecule has 0 bridgehead atoms. The van der Waals surface area contributed by atoms with Gasteiger partial charge in [0.2, 0.25) is 0 Å². The van der Waals surface area contributed by atoms with E-state index < -0.39 is 5.91 Å². The minimum absolute atomic E-state index is 0.150. The number of carbonyl (C=O) groups is 2. The van der Waals surface area contributed by atoms with Crippen LogP contribution in [0.25, 0.3) is 0 Å². The highest BCUT2D eigenvalue weighted by atomic mass is 32.1. The molecule has 1 amide bonds. The van der Waals surface area contributed by atoms with E-state index >= 15 is 0 Å². The highest BCUT2D eigenvalue weighted by molar-refractivity contribution is 7.19. The van der Waals surface area contributed by atoms with Crippen molar-refractivity contribution in [2.75, 3.05) is 17.6 Å². The van der Waals surface area contributed by atoms with Crippen molar-refractivity contribution >= 4 is 33.7 Å². The second-order valence-corrected chi connectivity index (χ2v) is 4.16. The summed E-state index contributed by atoms with van der Waals surface area (Å²) in [5.74, 6) is -0.829. The summed E-state index contributed by atoms with van der Waals surface area (Å²) in [6.45, 7) is 5.41. The van der Waals surface area contributed by atoms with Gasteiger partial charge in [0.1, 0.15) is 5.00 Å². The summed E-state index contributed by atoms with van der Waals surface area (Å²) in [5, 5.41) is 3.44. The molecule has 1 aromatic heterocycles. The Bertz CT molecular complexity index is 451. The summed E-state index contributed by atoms with van der Waals surface area (Å²) in [5.41, 5.74) is 11.2. The number of ketones is 1. The van der Waals surface area contributed by atoms with Crippen LogP contribution in [-0.2, 0) is 0 Å². The van der Waals surface area contributed by atoms with Crippen LogP contribution in [0.4, 0.5) is 10.7 Å². The molecule has 0 spiro atoms. The first-order chi connectivity index (χ1) is 7.49. The van der Waals surface area contributed by atoms with E-state index in [0.29, 0.717) is 16.4 Å². The van der Waals surface area contributed by atoms with Crippen molar-refractivity contribution in [3.63, 3.8) is 0 Å². The van der Waals surface area contributed by atoms with Crippen molar-refractivity contribution < 1.29 is 9.59 Å². The molecule has 0 aliphatic rings. The number of Topliss-reactive ketones (excluding diaryl/α,β-unsaturated/α-hetero) is 1. The lowest BCUT2D eigenvalue weighted by molar-refractivity contribution is 0.100. The fraction of sp³-hybridized carbons (Fsp3) is 0.200. The summed E-state index contributed by atoms with van der Waals surface area (Å²) >= 11 is 1.13. The predicted molar refractivity (Wildman–Crippen MR) is 65.9 cm³/mol. The molecule has 0 unspecified atom stereocenters. The monoisotopic (exact) mass is 239 g/mol. The minimum atomic E-state index is -0.646. The van der Waals surface area contributed by atoms with E-state index in [2.05, 4.69) is 11.9 Å². The Morgan fingerprint density at radius 2 is 2.19 bits per heavy atom. The van der Waals surface area contributed by atoms with Crippen LogP contribution >= 0.6 is 11.3 Å². The number of primary amides is 1. The summed E-state index contributed by atoms with van der Waals surface area (Å²) in [6.07, 6.45) is 1.63. The smallest absolute Gasteiger partial charge is 0.253 e. The zero-order valence-corrected chi connectivity index (χ0v) is 9.69. The lowest BCUT2D eigenvalue weighted by atomic mass is 10.2. The molecule has 5 nitrogen and oxygen atoms in total. The normalized spacial score (nSPS) is 9.81. The summed E-state index contributed by atoms with van der Waals surface area (Å²) < 4.78 is 0. The Kier molecular flexibility index (Phi) is 3.68. The molecular weight excluding hydrogens is 226 g/mol. The molecular formula is C10H13N3O2S. The topological polar surface area (TPSA) is 98.2 Å². The quantitative estimate of drug-likeness (QED) is 0.531. The van der Waals surface area contributed by atoms with Gasteiger partial charge in [-0.05, 0) is 0 Å². The molecule has 0 atom stereocenters. The second-order valence-electron chi connectivity index (χ2n) is 3.14. The maximum Gasteiger partial charge on any atom is 0.253 e. The van der Waals surface area contributed by atoms with Gasteiger partial charge in [0.05, 0.1) is 16.1 Å². The van der Waals surface area contributed by atoms with Gasteiger partial charge in [0.25, 0.3) is 5.91 Å². The number of amides is 1. The van der Waals surface area contributed by atoms with Crippen LogP contribution in [0.15, 0.2) is 12.7 Å². The van der Waals surface area contributed by atoms with Gasteiger partial charge in [-0.15, -0.1) is 17.9 Å². The first-order valence-electron chi connectivity index (χ1n) is 4.56. The Morgan fingerprint density at radius 3 is 2.62 bits per heavy atom. The van der Waals surface area contributed by atoms with Crippen molar-refractivity contribution in [3.8, 4) is 0 Å². The Hall–Kier alpha value is -1.82. The number of hydrogen-bond donors (Lipinski definition) is 3. The van der Waals surface area contributed by atoms with Crippen molar-refractivity contribution in [3.05, 3.63) is 23.1 Å². The average molecular weight is 239 g/mol. The second kappa shape index (κ2) is 4.80. The van der Waals surface area contributed by atoms with Crippen LogP contribution < -0.4 is 16.8 Å². The number of anilines is 2. The molecule has 0 aromatic carbocycles. The highest BCUT2D eigenvalue weighted by Gasteiger charge is 2.21. The van der Waals surface area contributed by atoms with Gasteiger partial charge in [-0.25, -0.2) is 0 Å². The standard InChI is InChI=1S/C10H13N3O2S/c1-3-4-13-10-6(9(12)15)7(11)8(16-10)5(2)14/h3,13H,1,4,11H2,2H3,(H2,12,15). The average Bonchev–Trinajstić information content (AvgIpc) is 2.52. The molecule has 0 fully saturated rings. The Morgan fingerprint density at radius 1 is 1.56 bits per heavy atom. The summed E-state index contributed by atoms with van der Waals surface area (Å²) in [6, 6.07) is 0. The molecule has 0 radical (unpaired) electrons. The first-order valence-corrected chi connectivity index (χ1v) is 5.38. The van der Waals surface area contributed by atoms with Crippen LogP contribution in [0, 0.1) is 0 Å². The highest BCUT2D eigenvalue weighted by Crippen LogP contribution is 2.35.